The smallest absolute Gasteiger partial charge is 0.260 e. The van der Waals surface area contributed by atoms with Crippen LogP contribution in [0.15, 0.2) is 51.4 Å². The van der Waals surface area contributed by atoms with Crippen LogP contribution in [-0.4, -0.2) is 33.3 Å². The van der Waals surface area contributed by atoms with Gasteiger partial charge in [-0.1, -0.05) is 18.2 Å². The van der Waals surface area contributed by atoms with Crippen LogP contribution in [0.3, 0.4) is 0 Å². The van der Waals surface area contributed by atoms with Gasteiger partial charge in [0.05, 0.1) is 18.2 Å². The molecule has 0 aliphatic heterocycles. The van der Waals surface area contributed by atoms with E-state index in [0.717, 1.165) is 15.4 Å². The summed E-state index contributed by atoms with van der Waals surface area (Å²) in [5, 5.41) is 5.71. The highest BCUT2D eigenvalue weighted by molar-refractivity contribution is 9.10. The fourth-order valence-electron chi connectivity index (χ4n) is 1.73. The summed E-state index contributed by atoms with van der Waals surface area (Å²) in [4.78, 5) is 12.9. The highest BCUT2D eigenvalue weighted by atomic mass is 79.9. The van der Waals surface area contributed by atoms with Crippen LogP contribution in [0.25, 0.3) is 0 Å². The zero-order valence-electron chi connectivity index (χ0n) is 12.1. The summed E-state index contributed by atoms with van der Waals surface area (Å²) in [6.07, 6.45) is 2.56. The maximum Gasteiger partial charge on any atom is 0.260 e. The van der Waals surface area contributed by atoms with Gasteiger partial charge in [0.2, 0.25) is 10.0 Å². The van der Waals surface area contributed by atoms with Crippen molar-refractivity contribution in [2.45, 2.75) is 0 Å². The molecule has 0 saturated heterocycles. The van der Waals surface area contributed by atoms with Crippen LogP contribution in [0.1, 0.15) is 4.88 Å². The molecule has 0 bridgehead atoms. The molecule has 0 unspecified atom stereocenters. The van der Waals surface area contributed by atoms with E-state index in [0.29, 0.717) is 10.2 Å². The molecule has 0 saturated carbocycles. The summed E-state index contributed by atoms with van der Waals surface area (Å²) in [5.74, 6) is -0.529. The number of amides is 1. The lowest BCUT2D eigenvalue weighted by Gasteiger charge is -2.22. The van der Waals surface area contributed by atoms with E-state index in [1.54, 1.807) is 24.3 Å². The molecular formula is C14H14BrN3O3S2. The number of anilines is 1. The lowest BCUT2D eigenvalue weighted by Crippen LogP contribution is -2.39. The van der Waals surface area contributed by atoms with E-state index in [1.807, 2.05) is 17.5 Å². The summed E-state index contributed by atoms with van der Waals surface area (Å²) in [6.45, 7) is -0.358. The molecule has 0 spiro atoms. The number of thiophene rings is 1. The van der Waals surface area contributed by atoms with Crippen LogP contribution in [0.5, 0.6) is 0 Å². The zero-order valence-corrected chi connectivity index (χ0v) is 15.4. The van der Waals surface area contributed by atoms with Gasteiger partial charge in [-0.15, -0.1) is 11.3 Å². The predicted molar refractivity (Wildman–Crippen MR) is 96.4 cm³/mol. The zero-order chi connectivity index (χ0) is 16.9. The molecule has 0 atom stereocenters. The van der Waals surface area contributed by atoms with E-state index in [1.165, 1.54) is 17.6 Å². The molecule has 0 aliphatic carbocycles. The van der Waals surface area contributed by atoms with Crippen LogP contribution in [0.2, 0.25) is 0 Å². The lowest BCUT2D eigenvalue weighted by molar-refractivity contribution is -0.119. The maximum absolute atomic E-state index is 12.0. The Morgan fingerprint density at radius 1 is 1.35 bits per heavy atom. The number of nitrogens with zero attached hydrogens (tertiary/aromatic N) is 2. The summed E-state index contributed by atoms with van der Waals surface area (Å²) in [6, 6.07) is 10.5. The number of hydrogen-bond donors (Lipinski definition) is 1. The van der Waals surface area contributed by atoms with Crippen molar-refractivity contribution in [2.24, 2.45) is 5.10 Å². The minimum atomic E-state index is -3.61. The monoisotopic (exact) mass is 415 g/mol. The summed E-state index contributed by atoms with van der Waals surface area (Å²) in [5.41, 5.74) is 2.72. The van der Waals surface area contributed by atoms with Crippen molar-refractivity contribution < 1.29 is 13.2 Å². The van der Waals surface area contributed by atoms with Crippen LogP contribution in [-0.2, 0) is 14.8 Å². The average Bonchev–Trinajstić information content (AvgIpc) is 2.98. The van der Waals surface area contributed by atoms with Gasteiger partial charge in [-0.2, -0.15) is 5.10 Å². The van der Waals surface area contributed by atoms with Gasteiger partial charge in [0, 0.05) is 9.35 Å². The predicted octanol–water partition coefficient (Wildman–Crippen LogP) is 2.43. The second-order valence-electron chi connectivity index (χ2n) is 4.53. The fraction of sp³-hybridized carbons (Fsp3) is 0.143. The molecule has 1 aromatic carbocycles. The number of carbonyl (C=O) groups is 1. The fourth-order valence-corrected chi connectivity index (χ4v) is 3.80. The third kappa shape index (κ3) is 5.15. The lowest BCUT2D eigenvalue weighted by atomic mass is 10.3. The molecule has 6 nitrogen and oxygen atoms in total. The number of carbonyl (C=O) groups excluding carboxylic acids is 1. The SMILES string of the molecule is CS(=O)(=O)N(CC(=O)N/N=C\c1cccs1)c1ccccc1Br. The molecule has 0 fully saturated rings. The van der Waals surface area contributed by atoms with Gasteiger partial charge in [0.15, 0.2) is 0 Å². The van der Waals surface area contributed by atoms with E-state index in [9.17, 15) is 13.2 Å². The van der Waals surface area contributed by atoms with Crippen molar-refractivity contribution in [3.8, 4) is 0 Å². The number of halogens is 1. The number of rotatable bonds is 6. The second kappa shape index (κ2) is 7.71. The Labute approximate surface area is 147 Å². The van der Waals surface area contributed by atoms with Crippen LogP contribution in [0.4, 0.5) is 5.69 Å². The molecule has 23 heavy (non-hydrogen) atoms. The summed E-state index contributed by atoms with van der Waals surface area (Å²) < 4.78 is 25.5. The van der Waals surface area contributed by atoms with Gasteiger partial charge in [0.25, 0.3) is 5.91 Å². The molecule has 0 radical (unpaired) electrons. The largest absolute Gasteiger partial charge is 0.271 e. The Balaban J connectivity index is 2.10. The van der Waals surface area contributed by atoms with Crippen molar-refractivity contribution in [3.63, 3.8) is 0 Å². The first-order chi connectivity index (χ1) is 10.9. The van der Waals surface area contributed by atoms with E-state index < -0.39 is 15.9 Å². The maximum atomic E-state index is 12.0. The van der Waals surface area contributed by atoms with Gasteiger partial charge >= 0.3 is 0 Å². The first kappa shape index (κ1) is 17.6. The van der Waals surface area contributed by atoms with Crippen molar-refractivity contribution in [3.05, 3.63) is 51.1 Å². The van der Waals surface area contributed by atoms with Gasteiger partial charge in [-0.3, -0.25) is 9.10 Å². The average molecular weight is 416 g/mol. The Bertz CT molecular complexity index is 804. The van der Waals surface area contributed by atoms with Crippen LogP contribution >= 0.6 is 27.3 Å². The molecule has 9 heteroatoms. The highest BCUT2D eigenvalue weighted by Gasteiger charge is 2.22. The summed E-state index contributed by atoms with van der Waals surface area (Å²) in [7, 11) is -3.61. The molecular weight excluding hydrogens is 402 g/mol. The Morgan fingerprint density at radius 3 is 2.70 bits per heavy atom. The van der Waals surface area contributed by atoms with E-state index in [-0.39, 0.29) is 6.54 Å². The number of benzene rings is 1. The van der Waals surface area contributed by atoms with Crippen molar-refractivity contribution in [1.82, 2.24) is 5.43 Å². The highest BCUT2D eigenvalue weighted by Crippen LogP contribution is 2.27. The van der Waals surface area contributed by atoms with Gasteiger partial charge in [0.1, 0.15) is 6.54 Å². The second-order valence-corrected chi connectivity index (χ2v) is 8.27. The van der Waals surface area contributed by atoms with E-state index in [2.05, 4.69) is 26.5 Å². The first-order valence-corrected chi connectivity index (χ1v) is 9.97. The number of nitrogens with one attached hydrogen (secondary N) is 1. The third-order valence-electron chi connectivity index (χ3n) is 2.73. The van der Waals surface area contributed by atoms with Crippen molar-refractivity contribution in [2.75, 3.05) is 17.1 Å². The van der Waals surface area contributed by atoms with E-state index >= 15 is 0 Å². The van der Waals surface area contributed by atoms with E-state index in [4.69, 9.17) is 0 Å². The summed E-state index contributed by atoms with van der Waals surface area (Å²) >= 11 is 4.77. The molecule has 1 amide bonds. The molecule has 2 rings (SSSR count). The number of hydrogen-bond acceptors (Lipinski definition) is 5. The Morgan fingerprint density at radius 2 is 2.09 bits per heavy atom. The minimum absolute atomic E-state index is 0.358. The molecule has 1 aromatic heterocycles. The molecule has 2 aromatic rings. The molecule has 1 heterocycles. The third-order valence-corrected chi connectivity index (χ3v) is 5.34. The Hall–Kier alpha value is -1.71. The topological polar surface area (TPSA) is 78.8 Å². The normalized spacial score (nSPS) is 11.6. The number of sulfonamides is 1. The standard InChI is InChI=1S/C14H14BrN3O3S2/c1-23(20,21)18(13-7-3-2-6-12(13)15)10-14(19)17-16-9-11-5-4-8-22-11/h2-9H,10H2,1H3,(H,17,19)/b16-9-. The van der Waals surface area contributed by atoms with Crippen LogP contribution in [0, 0.1) is 0 Å². The van der Waals surface area contributed by atoms with Gasteiger partial charge in [-0.05, 0) is 39.5 Å². The number of hydrazone groups is 1. The molecule has 1 N–H and O–H groups in total. The Kier molecular flexibility index (Phi) is 5.91. The minimum Gasteiger partial charge on any atom is -0.271 e. The van der Waals surface area contributed by atoms with Gasteiger partial charge < -0.3 is 0 Å². The number of para-hydroxylation sites is 1. The molecule has 122 valence electrons. The van der Waals surface area contributed by atoms with Crippen molar-refractivity contribution in [1.29, 1.82) is 0 Å². The van der Waals surface area contributed by atoms with Gasteiger partial charge in [-0.25, -0.2) is 13.8 Å². The van der Waals surface area contributed by atoms with Crippen LogP contribution < -0.4 is 9.73 Å². The van der Waals surface area contributed by atoms with Crippen molar-refractivity contribution >= 4 is 55.1 Å². The first-order valence-electron chi connectivity index (χ1n) is 6.45. The molecule has 0 aliphatic rings. The quantitative estimate of drug-likeness (QED) is 0.580.